The molecule has 0 amide bonds. The van der Waals surface area contributed by atoms with Gasteiger partial charge in [-0.15, -0.1) is 0 Å². The van der Waals surface area contributed by atoms with Crippen LogP contribution in [0.3, 0.4) is 0 Å². The maximum atomic E-state index is 5.42. The molecule has 0 saturated heterocycles. The van der Waals surface area contributed by atoms with Gasteiger partial charge in [-0.05, 0) is 31.1 Å². The second-order valence-corrected chi connectivity index (χ2v) is 2.83. The van der Waals surface area contributed by atoms with Crippen molar-refractivity contribution in [3.8, 4) is 0 Å². The molecular formula is C10H11NO. The van der Waals surface area contributed by atoms with E-state index >= 15 is 0 Å². The molecule has 0 radical (unpaired) electrons. The van der Waals surface area contributed by atoms with Crippen LogP contribution >= 0.6 is 0 Å². The molecule has 2 rings (SSSR count). The number of pyridine rings is 1. The molecule has 0 aromatic carbocycles. The first-order valence-electron chi connectivity index (χ1n) is 4.18. The summed E-state index contributed by atoms with van der Waals surface area (Å²) >= 11 is 0. The molecule has 1 aliphatic rings. The highest BCUT2D eigenvalue weighted by atomic mass is 16.5. The third-order valence-electron chi connectivity index (χ3n) is 1.95. The second kappa shape index (κ2) is 3.39. The van der Waals surface area contributed by atoms with Gasteiger partial charge < -0.3 is 4.74 Å². The van der Waals surface area contributed by atoms with E-state index in [0.29, 0.717) is 0 Å². The molecule has 1 aliphatic heterocycles. The lowest BCUT2D eigenvalue weighted by atomic mass is 10.1. The van der Waals surface area contributed by atoms with Crippen LogP contribution in [0.15, 0.2) is 36.7 Å². The van der Waals surface area contributed by atoms with Crippen molar-refractivity contribution >= 4 is 0 Å². The van der Waals surface area contributed by atoms with Gasteiger partial charge in [0.2, 0.25) is 0 Å². The fourth-order valence-corrected chi connectivity index (χ4v) is 1.32. The third-order valence-corrected chi connectivity index (χ3v) is 1.95. The van der Waals surface area contributed by atoms with Crippen LogP contribution in [0.2, 0.25) is 0 Å². The summed E-state index contributed by atoms with van der Waals surface area (Å²) < 4.78 is 5.42. The Morgan fingerprint density at radius 3 is 3.08 bits per heavy atom. The molecule has 0 aliphatic carbocycles. The fraction of sp³-hybridized carbons (Fsp3) is 0.300. The van der Waals surface area contributed by atoms with Crippen molar-refractivity contribution in [1.29, 1.82) is 0 Å². The van der Waals surface area contributed by atoms with Crippen LogP contribution in [0.5, 0.6) is 0 Å². The molecule has 2 nitrogen and oxygen atoms in total. The molecule has 1 atom stereocenters. The minimum Gasteiger partial charge on any atom is -0.492 e. The number of ether oxygens (including phenoxy) is 1. The molecule has 0 N–H and O–H groups in total. The lowest BCUT2D eigenvalue weighted by molar-refractivity contribution is 0.121. The summed E-state index contributed by atoms with van der Waals surface area (Å²) in [5.41, 5.74) is 1.03. The van der Waals surface area contributed by atoms with Gasteiger partial charge in [-0.1, -0.05) is 6.07 Å². The van der Waals surface area contributed by atoms with Crippen LogP contribution in [-0.4, -0.2) is 4.98 Å². The van der Waals surface area contributed by atoms with Crippen LogP contribution < -0.4 is 0 Å². The minimum atomic E-state index is 0.163. The van der Waals surface area contributed by atoms with Gasteiger partial charge in [0.05, 0.1) is 12.0 Å². The lowest BCUT2D eigenvalue weighted by Gasteiger charge is -2.18. The van der Waals surface area contributed by atoms with Crippen molar-refractivity contribution in [2.75, 3.05) is 0 Å². The van der Waals surface area contributed by atoms with E-state index in [9.17, 15) is 0 Å². The monoisotopic (exact) mass is 161 g/mol. The van der Waals surface area contributed by atoms with Gasteiger partial charge in [0, 0.05) is 6.20 Å². The number of hydrogen-bond acceptors (Lipinski definition) is 2. The predicted molar refractivity (Wildman–Crippen MR) is 46.4 cm³/mol. The first kappa shape index (κ1) is 7.35. The van der Waals surface area contributed by atoms with Crippen molar-refractivity contribution in [2.24, 2.45) is 0 Å². The zero-order valence-electron chi connectivity index (χ0n) is 6.81. The number of allylic oxidation sites excluding steroid dienone is 1. The Kier molecular flexibility index (Phi) is 2.08. The molecule has 1 aromatic rings. The van der Waals surface area contributed by atoms with Crippen LogP contribution in [0.25, 0.3) is 0 Å². The molecular weight excluding hydrogens is 150 g/mol. The molecule has 0 bridgehead atoms. The second-order valence-electron chi connectivity index (χ2n) is 2.83. The van der Waals surface area contributed by atoms with E-state index in [1.807, 2.05) is 24.3 Å². The number of aromatic nitrogens is 1. The van der Waals surface area contributed by atoms with Crippen molar-refractivity contribution in [3.05, 3.63) is 42.4 Å². The summed E-state index contributed by atoms with van der Waals surface area (Å²) in [7, 11) is 0. The quantitative estimate of drug-likeness (QED) is 0.631. The predicted octanol–water partition coefficient (Wildman–Crippen LogP) is 2.45. The topological polar surface area (TPSA) is 22.1 Å². The van der Waals surface area contributed by atoms with Crippen molar-refractivity contribution in [1.82, 2.24) is 4.98 Å². The van der Waals surface area contributed by atoms with Crippen molar-refractivity contribution in [3.63, 3.8) is 0 Å². The smallest absolute Gasteiger partial charge is 0.140 e. The van der Waals surface area contributed by atoms with Gasteiger partial charge in [0.15, 0.2) is 0 Å². The summed E-state index contributed by atoms with van der Waals surface area (Å²) in [4.78, 5) is 4.24. The van der Waals surface area contributed by atoms with E-state index in [4.69, 9.17) is 4.74 Å². The zero-order chi connectivity index (χ0) is 8.23. The third kappa shape index (κ3) is 1.47. The summed E-state index contributed by atoms with van der Waals surface area (Å²) in [5, 5.41) is 0. The van der Waals surface area contributed by atoms with Gasteiger partial charge in [-0.2, -0.15) is 0 Å². The van der Waals surface area contributed by atoms with Crippen LogP contribution in [0.1, 0.15) is 24.6 Å². The Morgan fingerprint density at radius 2 is 2.42 bits per heavy atom. The molecule has 2 heterocycles. The Labute approximate surface area is 71.9 Å². The van der Waals surface area contributed by atoms with E-state index < -0.39 is 0 Å². The van der Waals surface area contributed by atoms with Crippen molar-refractivity contribution < 1.29 is 4.74 Å². The summed E-state index contributed by atoms with van der Waals surface area (Å²) in [5.74, 6) is 0. The van der Waals surface area contributed by atoms with Crippen LogP contribution in [-0.2, 0) is 4.74 Å². The van der Waals surface area contributed by atoms with Gasteiger partial charge in [0.25, 0.3) is 0 Å². The fourth-order valence-electron chi connectivity index (χ4n) is 1.32. The van der Waals surface area contributed by atoms with E-state index in [2.05, 4.69) is 4.98 Å². The summed E-state index contributed by atoms with van der Waals surface area (Å²) in [6.45, 7) is 0. The first-order valence-corrected chi connectivity index (χ1v) is 4.18. The van der Waals surface area contributed by atoms with E-state index in [0.717, 1.165) is 18.5 Å². The molecule has 1 aromatic heterocycles. The molecule has 0 saturated carbocycles. The van der Waals surface area contributed by atoms with Crippen molar-refractivity contribution in [2.45, 2.75) is 18.9 Å². The highest BCUT2D eigenvalue weighted by molar-refractivity contribution is 5.08. The summed E-state index contributed by atoms with van der Waals surface area (Å²) in [6.07, 6.45) is 7.89. The SMILES string of the molecule is C1=COC(c2ccccn2)CC1. The zero-order valence-corrected chi connectivity index (χ0v) is 6.81. The van der Waals surface area contributed by atoms with Gasteiger partial charge in [-0.3, -0.25) is 4.98 Å². The van der Waals surface area contributed by atoms with Gasteiger partial charge in [0.1, 0.15) is 6.10 Å². The minimum absolute atomic E-state index is 0.163. The first-order chi connectivity index (χ1) is 5.97. The standard InChI is InChI=1S/C10H11NO/c1-3-7-11-9(5-1)10-6-2-4-8-12-10/h1,3-5,7-8,10H,2,6H2. The highest BCUT2D eigenvalue weighted by Gasteiger charge is 2.13. The molecule has 62 valence electrons. The van der Waals surface area contributed by atoms with E-state index in [-0.39, 0.29) is 6.10 Å². The van der Waals surface area contributed by atoms with Crippen LogP contribution in [0.4, 0.5) is 0 Å². The highest BCUT2D eigenvalue weighted by Crippen LogP contribution is 2.24. The normalized spacial score (nSPS) is 21.8. The maximum absolute atomic E-state index is 5.42. The average molecular weight is 161 g/mol. The Bertz CT molecular complexity index is 268. The van der Waals surface area contributed by atoms with Crippen LogP contribution in [0, 0.1) is 0 Å². The lowest BCUT2D eigenvalue weighted by Crippen LogP contribution is -2.05. The molecule has 0 fully saturated rings. The molecule has 2 heteroatoms. The van der Waals surface area contributed by atoms with Gasteiger partial charge >= 0.3 is 0 Å². The largest absolute Gasteiger partial charge is 0.492 e. The molecule has 0 spiro atoms. The Hall–Kier alpha value is -1.31. The van der Waals surface area contributed by atoms with Gasteiger partial charge in [-0.25, -0.2) is 0 Å². The Balaban J connectivity index is 2.15. The number of rotatable bonds is 1. The molecule has 12 heavy (non-hydrogen) atoms. The van der Waals surface area contributed by atoms with E-state index in [1.54, 1.807) is 12.5 Å². The maximum Gasteiger partial charge on any atom is 0.140 e. The average Bonchev–Trinajstić information content (AvgIpc) is 2.21. The Morgan fingerprint density at radius 1 is 1.42 bits per heavy atom. The van der Waals surface area contributed by atoms with E-state index in [1.165, 1.54) is 0 Å². The number of nitrogens with zero attached hydrogens (tertiary/aromatic N) is 1. The molecule has 1 unspecified atom stereocenters. The summed E-state index contributed by atoms with van der Waals surface area (Å²) in [6, 6.07) is 5.91. The number of hydrogen-bond donors (Lipinski definition) is 0.